The van der Waals surface area contributed by atoms with Crippen LogP contribution in [0.25, 0.3) is 0 Å². The van der Waals surface area contributed by atoms with Crippen LogP contribution in [0.2, 0.25) is 0 Å². The van der Waals surface area contributed by atoms with Gasteiger partial charge in [0.1, 0.15) is 0 Å². The van der Waals surface area contributed by atoms with Gasteiger partial charge in [-0.1, -0.05) is 6.92 Å². The molecule has 7 heteroatoms. The molecular formula is C12H15N3O3S. The minimum Gasteiger partial charge on any atom is -0.369 e. The number of aryl methyl sites for hydroxylation is 1. The highest BCUT2D eigenvalue weighted by Crippen LogP contribution is 2.20. The summed E-state index contributed by atoms with van der Waals surface area (Å²) in [6.07, 6.45) is 0. The van der Waals surface area contributed by atoms with E-state index in [1.807, 2.05) is 6.07 Å². The molecule has 0 spiro atoms. The Hall–Kier alpha value is -1.91. The van der Waals surface area contributed by atoms with E-state index in [4.69, 9.17) is 11.0 Å². The molecule has 19 heavy (non-hydrogen) atoms. The first-order valence-electron chi connectivity index (χ1n) is 5.62. The summed E-state index contributed by atoms with van der Waals surface area (Å²) < 4.78 is 25.7. The number of amides is 1. The maximum Gasteiger partial charge on any atom is 0.243 e. The van der Waals surface area contributed by atoms with Crippen molar-refractivity contribution >= 4 is 15.9 Å². The topological polar surface area (TPSA) is 104 Å². The summed E-state index contributed by atoms with van der Waals surface area (Å²) in [6, 6.07) is 6.23. The summed E-state index contributed by atoms with van der Waals surface area (Å²) in [7, 11) is -3.78. The van der Waals surface area contributed by atoms with Crippen molar-refractivity contribution in [2.24, 2.45) is 5.73 Å². The predicted molar refractivity (Wildman–Crippen MR) is 69.5 cm³/mol. The monoisotopic (exact) mass is 281 g/mol. The highest BCUT2D eigenvalue weighted by molar-refractivity contribution is 7.89. The SMILES string of the molecule is CCN(CC(N)=O)S(=O)(=O)c1ccc(C#N)cc1C. The fraction of sp³-hybridized carbons (Fsp3) is 0.333. The van der Waals surface area contributed by atoms with Crippen LogP contribution < -0.4 is 5.73 Å². The smallest absolute Gasteiger partial charge is 0.243 e. The molecule has 102 valence electrons. The van der Waals surface area contributed by atoms with Crippen molar-refractivity contribution in [3.05, 3.63) is 29.3 Å². The van der Waals surface area contributed by atoms with Gasteiger partial charge < -0.3 is 5.73 Å². The summed E-state index contributed by atoms with van der Waals surface area (Å²) >= 11 is 0. The van der Waals surface area contributed by atoms with Gasteiger partial charge in [0.05, 0.1) is 23.1 Å². The van der Waals surface area contributed by atoms with Crippen LogP contribution in [0, 0.1) is 18.3 Å². The molecule has 0 aliphatic rings. The van der Waals surface area contributed by atoms with Gasteiger partial charge in [-0.05, 0) is 30.7 Å². The van der Waals surface area contributed by atoms with Gasteiger partial charge in [-0.3, -0.25) is 4.79 Å². The molecule has 0 radical (unpaired) electrons. The molecule has 0 aromatic heterocycles. The molecule has 0 unspecified atom stereocenters. The van der Waals surface area contributed by atoms with Gasteiger partial charge in [0.15, 0.2) is 0 Å². The zero-order valence-corrected chi connectivity index (χ0v) is 11.6. The Bertz CT molecular complexity index is 632. The van der Waals surface area contributed by atoms with Crippen LogP contribution in [0.3, 0.4) is 0 Å². The van der Waals surface area contributed by atoms with E-state index in [-0.39, 0.29) is 18.0 Å². The first-order chi connectivity index (χ1) is 8.82. The van der Waals surface area contributed by atoms with Crippen LogP contribution in [0.5, 0.6) is 0 Å². The maximum absolute atomic E-state index is 12.4. The second kappa shape index (κ2) is 5.82. The van der Waals surface area contributed by atoms with Crippen molar-refractivity contribution in [1.29, 1.82) is 5.26 Å². The van der Waals surface area contributed by atoms with Crippen molar-refractivity contribution in [3.8, 4) is 6.07 Å². The third kappa shape index (κ3) is 3.30. The molecule has 0 saturated heterocycles. The number of benzene rings is 1. The Balaban J connectivity index is 3.26. The standard InChI is InChI=1S/C12H15N3O3S/c1-3-15(8-12(14)16)19(17,18)11-5-4-10(7-13)6-9(11)2/h4-6H,3,8H2,1-2H3,(H2,14,16). The number of primary amides is 1. The van der Waals surface area contributed by atoms with Crippen molar-refractivity contribution in [2.45, 2.75) is 18.7 Å². The Morgan fingerprint density at radius 3 is 2.53 bits per heavy atom. The van der Waals surface area contributed by atoms with Crippen molar-refractivity contribution < 1.29 is 13.2 Å². The molecule has 2 N–H and O–H groups in total. The molecular weight excluding hydrogens is 266 g/mol. The van der Waals surface area contributed by atoms with E-state index in [9.17, 15) is 13.2 Å². The first-order valence-corrected chi connectivity index (χ1v) is 7.06. The quantitative estimate of drug-likeness (QED) is 0.841. The van der Waals surface area contributed by atoms with Gasteiger partial charge in [0, 0.05) is 6.54 Å². The van der Waals surface area contributed by atoms with Crippen LogP contribution in [0.4, 0.5) is 0 Å². The van der Waals surface area contributed by atoms with E-state index in [0.717, 1.165) is 4.31 Å². The van der Waals surface area contributed by atoms with Gasteiger partial charge >= 0.3 is 0 Å². The number of likely N-dealkylation sites (N-methyl/N-ethyl adjacent to an activating group) is 1. The third-order valence-corrected chi connectivity index (χ3v) is 4.69. The van der Waals surface area contributed by atoms with E-state index in [2.05, 4.69) is 0 Å². The average Bonchev–Trinajstić information content (AvgIpc) is 2.34. The molecule has 1 rings (SSSR count). The number of sulfonamides is 1. The second-order valence-corrected chi connectivity index (χ2v) is 5.90. The molecule has 0 saturated carbocycles. The lowest BCUT2D eigenvalue weighted by molar-refractivity contribution is -0.118. The third-order valence-electron chi connectivity index (χ3n) is 2.61. The van der Waals surface area contributed by atoms with Crippen LogP contribution in [-0.4, -0.2) is 31.7 Å². The fourth-order valence-corrected chi connectivity index (χ4v) is 3.31. The molecule has 1 aromatic rings. The largest absolute Gasteiger partial charge is 0.369 e. The molecule has 1 aromatic carbocycles. The van der Waals surface area contributed by atoms with Crippen molar-refractivity contribution in [2.75, 3.05) is 13.1 Å². The summed E-state index contributed by atoms with van der Waals surface area (Å²) in [5.41, 5.74) is 5.88. The van der Waals surface area contributed by atoms with Crippen molar-refractivity contribution in [1.82, 2.24) is 4.31 Å². The van der Waals surface area contributed by atoms with Gasteiger partial charge in [0.2, 0.25) is 15.9 Å². The number of nitriles is 1. The summed E-state index contributed by atoms with van der Waals surface area (Å²) in [5, 5.41) is 8.76. The number of rotatable bonds is 5. The Morgan fingerprint density at radius 1 is 1.47 bits per heavy atom. The van der Waals surface area contributed by atoms with Gasteiger partial charge in [-0.15, -0.1) is 0 Å². The molecule has 1 amide bonds. The van der Waals surface area contributed by atoms with E-state index >= 15 is 0 Å². The lowest BCUT2D eigenvalue weighted by Crippen LogP contribution is -2.38. The van der Waals surface area contributed by atoms with Crippen LogP contribution in [-0.2, 0) is 14.8 Å². The van der Waals surface area contributed by atoms with Crippen LogP contribution in [0.1, 0.15) is 18.1 Å². The second-order valence-electron chi connectivity index (χ2n) is 3.99. The van der Waals surface area contributed by atoms with Crippen LogP contribution >= 0.6 is 0 Å². The number of carbonyl (C=O) groups is 1. The van der Waals surface area contributed by atoms with E-state index < -0.39 is 15.9 Å². The van der Waals surface area contributed by atoms with E-state index in [1.165, 1.54) is 18.2 Å². The lowest BCUT2D eigenvalue weighted by atomic mass is 10.2. The summed E-state index contributed by atoms with van der Waals surface area (Å²) in [4.78, 5) is 11.0. The fourth-order valence-electron chi connectivity index (χ4n) is 1.69. The zero-order chi connectivity index (χ0) is 14.6. The number of hydrogen-bond acceptors (Lipinski definition) is 4. The normalized spacial score (nSPS) is 11.3. The summed E-state index contributed by atoms with van der Waals surface area (Å²) in [5.74, 6) is -0.711. The molecule has 0 fully saturated rings. The van der Waals surface area contributed by atoms with E-state index in [0.29, 0.717) is 11.1 Å². The van der Waals surface area contributed by atoms with Crippen LogP contribution in [0.15, 0.2) is 23.1 Å². The first kappa shape index (κ1) is 15.1. The summed E-state index contributed by atoms with van der Waals surface area (Å²) in [6.45, 7) is 3.01. The average molecular weight is 281 g/mol. The minimum absolute atomic E-state index is 0.0783. The maximum atomic E-state index is 12.4. The Labute approximate surface area is 112 Å². The molecule has 6 nitrogen and oxygen atoms in total. The molecule has 0 aliphatic heterocycles. The molecule has 0 bridgehead atoms. The van der Waals surface area contributed by atoms with Gasteiger partial charge in [-0.25, -0.2) is 8.42 Å². The zero-order valence-electron chi connectivity index (χ0n) is 10.8. The lowest BCUT2D eigenvalue weighted by Gasteiger charge is -2.20. The Morgan fingerprint density at radius 2 is 2.11 bits per heavy atom. The Kier molecular flexibility index (Phi) is 4.64. The number of nitrogens with two attached hydrogens (primary N) is 1. The van der Waals surface area contributed by atoms with Crippen molar-refractivity contribution in [3.63, 3.8) is 0 Å². The predicted octanol–water partition coefficient (Wildman–Crippen LogP) is 0.363. The highest BCUT2D eigenvalue weighted by Gasteiger charge is 2.26. The molecule has 0 aliphatic carbocycles. The van der Waals surface area contributed by atoms with E-state index in [1.54, 1.807) is 13.8 Å². The van der Waals surface area contributed by atoms with Gasteiger partial charge in [-0.2, -0.15) is 9.57 Å². The highest BCUT2D eigenvalue weighted by atomic mass is 32.2. The number of nitrogens with zero attached hydrogens (tertiary/aromatic N) is 2. The minimum atomic E-state index is -3.78. The molecule has 0 heterocycles. The van der Waals surface area contributed by atoms with Gasteiger partial charge in [0.25, 0.3) is 0 Å². The number of hydrogen-bond donors (Lipinski definition) is 1. The number of carbonyl (C=O) groups excluding carboxylic acids is 1. The molecule has 0 atom stereocenters.